The zero-order valence-electron chi connectivity index (χ0n) is 5.09. The van der Waals surface area contributed by atoms with Gasteiger partial charge in [0.05, 0.1) is 18.7 Å². The van der Waals surface area contributed by atoms with Crippen molar-refractivity contribution in [3.05, 3.63) is 0 Å². The Bertz CT molecular complexity index is 152. The second-order valence-electron chi connectivity index (χ2n) is 1.73. The summed E-state index contributed by atoms with van der Waals surface area (Å²) in [7, 11) is 1.55. The quantitative estimate of drug-likeness (QED) is 0.490. The Morgan fingerprint density at radius 1 is 1.89 bits per heavy atom. The second-order valence-corrected chi connectivity index (χ2v) is 1.73. The first-order valence-electron chi connectivity index (χ1n) is 2.57. The number of ether oxygens (including phenoxy) is 1. The topological polar surface area (TPSA) is 47.9 Å². The van der Waals surface area contributed by atoms with Crippen molar-refractivity contribution >= 4 is 11.7 Å². The molecule has 0 aromatic carbocycles. The Morgan fingerprint density at radius 3 is 3.11 bits per heavy atom. The van der Waals surface area contributed by atoms with E-state index in [9.17, 15) is 4.79 Å². The van der Waals surface area contributed by atoms with Crippen molar-refractivity contribution in [2.24, 2.45) is 5.16 Å². The van der Waals surface area contributed by atoms with Gasteiger partial charge in [0.2, 0.25) is 0 Å². The third-order valence-electron chi connectivity index (χ3n) is 0.936. The Balaban J connectivity index is 2.36. The predicted molar refractivity (Wildman–Crippen MR) is 30.0 cm³/mol. The molecule has 0 aromatic heterocycles. The van der Waals surface area contributed by atoms with E-state index in [1.165, 1.54) is 0 Å². The van der Waals surface area contributed by atoms with E-state index in [0.29, 0.717) is 12.3 Å². The van der Waals surface area contributed by atoms with Crippen molar-refractivity contribution in [3.8, 4) is 0 Å². The molecule has 1 aliphatic heterocycles. The van der Waals surface area contributed by atoms with E-state index >= 15 is 0 Å². The van der Waals surface area contributed by atoms with Gasteiger partial charge in [0.1, 0.15) is 0 Å². The van der Waals surface area contributed by atoms with Crippen molar-refractivity contribution in [1.82, 2.24) is 0 Å². The summed E-state index contributed by atoms with van der Waals surface area (Å²) in [5.41, 5.74) is 0.655. The van der Waals surface area contributed by atoms with Gasteiger partial charge < -0.3 is 9.57 Å². The Morgan fingerprint density at radius 2 is 2.67 bits per heavy atom. The van der Waals surface area contributed by atoms with Gasteiger partial charge in [-0.3, -0.25) is 0 Å². The summed E-state index contributed by atoms with van der Waals surface area (Å²) in [6.07, 6.45) is 0.272. The van der Waals surface area contributed by atoms with Gasteiger partial charge in [0.25, 0.3) is 0 Å². The molecule has 0 bridgehead atoms. The average Bonchev–Trinajstić information content (AvgIpc) is 2.17. The van der Waals surface area contributed by atoms with Crippen molar-refractivity contribution in [2.75, 3.05) is 13.7 Å². The minimum absolute atomic E-state index is 0.272. The van der Waals surface area contributed by atoms with Gasteiger partial charge in [-0.2, -0.15) is 0 Å². The van der Waals surface area contributed by atoms with Crippen LogP contribution < -0.4 is 0 Å². The van der Waals surface area contributed by atoms with Gasteiger partial charge in [0.15, 0.2) is 0 Å². The van der Waals surface area contributed by atoms with E-state index < -0.39 is 0 Å². The number of hydrogen-bond donors (Lipinski definition) is 0. The van der Waals surface area contributed by atoms with Crippen molar-refractivity contribution in [3.63, 3.8) is 0 Å². The van der Waals surface area contributed by atoms with Crippen LogP contribution in [-0.2, 0) is 14.4 Å². The first-order valence-corrected chi connectivity index (χ1v) is 2.57. The lowest BCUT2D eigenvalue weighted by atomic mass is 10.3. The summed E-state index contributed by atoms with van der Waals surface area (Å²) in [5, 5.41) is 3.45. The number of oxime groups is 1. The number of nitrogens with zero attached hydrogens (tertiary/aromatic N) is 1. The fourth-order valence-corrected chi connectivity index (χ4v) is 0.591. The number of carbonyl (C=O) groups is 1. The fourth-order valence-electron chi connectivity index (χ4n) is 0.591. The highest BCUT2D eigenvalue weighted by molar-refractivity contribution is 6.02. The van der Waals surface area contributed by atoms with E-state index in [0.717, 1.165) is 0 Å². The molecule has 4 nitrogen and oxygen atoms in total. The van der Waals surface area contributed by atoms with Crippen LogP contribution >= 0.6 is 0 Å². The summed E-state index contributed by atoms with van der Waals surface area (Å²) < 4.78 is 4.71. The fraction of sp³-hybridized carbons (Fsp3) is 0.600. The predicted octanol–water partition coefficient (Wildman–Crippen LogP) is -0.0643. The molecule has 0 aliphatic carbocycles. The van der Waals surface area contributed by atoms with E-state index in [4.69, 9.17) is 4.74 Å². The number of carbonyl (C=O) groups excluding carboxylic acids is 1. The van der Waals surface area contributed by atoms with Crippen molar-refractivity contribution < 1.29 is 14.4 Å². The van der Waals surface area contributed by atoms with Gasteiger partial charge in [-0.05, 0) is 0 Å². The molecule has 1 heterocycles. The summed E-state index contributed by atoms with van der Waals surface area (Å²) in [6, 6.07) is 0. The lowest BCUT2D eigenvalue weighted by molar-refractivity contribution is -0.140. The van der Waals surface area contributed by atoms with Gasteiger partial charge >= 0.3 is 5.97 Å². The third kappa shape index (κ3) is 1.50. The Kier molecular flexibility index (Phi) is 1.79. The average molecular weight is 129 g/mol. The molecular weight excluding hydrogens is 122 g/mol. The molecule has 0 radical (unpaired) electrons. The monoisotopic (exact) mass is 129 g/mol. The lowest BCUT2D eigenvalue weighted by Crippen LogP contribution is -2.05. The molecule has 50 valence electrons. The first kappa shape index (κ1) is 6.22. The van der Waals surface area contributed by atoms with E-state index in [2.05, 4.69) is 9.99 Å². The van der Waals surface area contributed by atoms with Crippen LogP contribution in [0.25, 0.3) is 0 Å². The van der Waals surface area contributed by atoms with Crippen LogP contribution in [0.15, 0.2) is 5.16 Å². The summed E-state index contributed by atoms with van der Waals surface area (Å²) in [6.45, 7) is 0.381. The highest BCUT2D eigenvalue weighted by Crippen LogP contribution is 2.01. The minimum Gasteiger partial charge on any atom is -0.379 e. The SMILES string of the molecule is COCC1=NOC(=O)C1. The highest BCUT2D eigenvalue weighted by Gasteiger charge is 2.16. The molecule has 1 aliphatic rings. The third-order valence-corrected chi connectivity index (χ3v) is 0.936. The van der Waals surface area contributed by atoms with Gasteiger partial charge in [-0.25, -0.2) is 4.79 Å². The standard InChI is InChI=1S/C5H7NO3/c1-8-3-4-2-5(7)9-6-4/h2-3H2,1H3. The second kappa shape index (κ2) is 2.59. The van der Waals surface area contributed by atoms with Crippen LogP contribution in [0.3, 0.4) is 0 Å². The molecular formula is C5H7NO3. The van der Waals surface area contributed by atoms with Crippen LogP contribution in [0, 0.1) is 0 Å². The van der Waals surface area contributed by atoms with E-state index in [-0.39, 0.29) is 12.4 Å². The van der Waals surface area contributed by atoms with E-state index in [1.807, 2.05) is 0 Å². The molecule has 0 saturated carbocycles. The molecule has 0 atom stereocenters. The molecule has 1 rings (SSSR count). The minimum atomic E-state index is -0.304. The van der Waals surface area contributed by atoms with Gasteiger partial charge in [0, 0.05) is 7.11 Å². The van der Waals surface area contributed by atoms with Crippen LogP contribution in [0.2, 0.25) is 0 Å². The molecule has 9 heavy (non-hydrogen) atoms. The largest absolute Gasteiger partial charge is 0.379 e. The highest BCUT2D eigenvalue weighted by atomic mass is 16.7. The molecule has 4 heteroatoms. The zero-order chi connectivity index (χ0) is 6.69. The van der Waals surface area contributed by atoms with Gasteiger partial charge in [-0.15, -0.1) is 0 Å². The van der Waals surface area contributed by atoms with Crippen LogP contribution in [0.5, 0.6) is 0 Å². The molecule has 0 saturated heterocycles. The van der Waals surface area contributed by atoms with Crippen molar-refractivity contribution in [1.29, 1.82) is 0 Å². The number of rotatable bonds is 2. The zero-order valence-corrected chi connectivity index (χ0v) is 5.09. The lowest BCUT2D eigenvalue weighted by Gasteiger charge is -1.89. The van der Waals surface area contributed by atoms with Crippen LogP contribution in [0.4, 0.5) is 0 Å². The molecule has 0 amide bonds. The summed E-state index contributed by atoms with van der Waals surface area (Å²) in [4.78, 5) is 14.6. The summed E-state index contributed by atoms with van der Waals surface area (Å²) >= 11 is 0. The maximum Gasteiger partial charge on any atom is 0.340 e. The normalized spacial score (nSPS) is 17.4. The van der Waals surface area contributed by atoms with Gasteiger partial charge in [-0.1, -0.05) is 5.16 Å². The Labute approximate surface area is 52.4 Å². The Hall–Kier alpha value is -0.900. The molecule has 0 spiro atoms. The smallest absolute Gasteiger partial charge is 0.340 e. The molecule has 0 fully saturated rings. The molecule has 0 N–H and O–H groups in total. The maximum atomic E-state index is 10.3. The maximum absolute atomic E-state index is 10.3. The van der Waals surface area contributed by atoms with Crippen LogP contribution in [0.1, 0.15) is 6.42 Å². The first-order chi connectivity index (χ1) is 4.33. The number of methoxy groups -OCH3 is 1. The molecule has 0 aromatic rings. The van der Waals surface area contributed by atoms with E-state index in [1.54, 1.807) is 7.11 Å². The van der Waals surface area contributed by atoms with Crippen molar-refractivity contribution in [2.45, 2.75) is 6.42 Å². The molecule has 0 unspecified atom stereocenters. The van der Waals surface area contributed by atoms with Crippen LogP contribution in [-0.4, -0.2) is 25.4 Å². The number of hydrogen-bond acceptors (Lipinski definition) is 4. The summed E-state index contributed by atoms with van der Waals surface area (Å²) in [5.74, 6) is -0.304.